The van der Waals surface area contributed by atoms with E-state index < -0.39 is 0 Å². The molecule has 0 atom stereocenters. The zero-order valence-corrected chi connectivity index (χ0v) is 11.0. The molecule has 0 N–H and O–H groups in total. The molecule has 0 aliphatic heterocycles. The minimum atomic E-state index is 0.323. The summed E-state index contributed by atoms with van der Waals surface area (Å²) >= 11 is 0. The third kappa shape index (κ3) is 3.62. The fraction of sp³-hybridized carbons (Fsp3) is 0.929. The molecular weight excluding hydrogens is 184 g/mol. The van der Waals surface area contributed by atoms with Gasteiger partial charge in [0.15, 0.2) is 0 Å². The van der Waals surface area contributed by atoms with Crippen LogP contribution in [0, 0.1) is 16.7 Å². The average molecular weight is 210 g/mol. The van der Waals surface area contributed by atoms with Crippen molar-refractivity contribution in [2.45, 2.75) is 66.7 Å². The molecule has 0 radical (unpaired) electrons. The molecule has 1 saturated carbocycles. The van der Waals surface area contributed by atoms with E-state index in [9.17, 15) is 4.79 Å². The molecule has 0 heterocycles. The molecule has 0 saturated heterocycles. The van der Waals surface area contributed by atoms with Crippen molar-refractivity contribution in [1.82, 2.24) is 0 Å². The SMILES string of the molecule is CCCC(=O)C1CC(C)(C)CC(C)(C)C1. The maximum Gasteiger partial charge on any atom is 0.136 e. The number of carbonyl (C=O) groups excluding carboxylic acids is 1. The van der Waals surface area contributed by atoms with Gasteiger partial charge < -0.3 is 0 Å². The van der Waals surface area contributed by atoms with E-state index in [1.165, 1.54) is 6.42 Å². The average Bonchev–Trinajstić information content (AvgIpc) is 1.98. The van der Waals surface area contributed by atoms with Crippen molar-refractivity contribution in [3.63, 3.8) is 0 Å². The van der Waals surface area contributed by atoms with Crippen LogP contribution in [0.15, 0.2) is 0 Å². The first-order valence-electron chi connectivity index (χ1n) is 6.28. The molecule has 15 heavy (non-hydrogen) atoms. The zero-order chi connectivity index (χ0) is 11.7. The van der Waals surface area contributed by atoms with E-state index in [4.69, 9.17) is 0 Å². The Morgan fingerprint density at radius 2 is 1.60 bits per heavy atom. The van der Waals surface area contributed by atoms with Gasteiger partial charge in [-0.2, -0.15) is 0 Å². The van der Waals surface area contributed by atoms with Gasteiger partial charge in [0.1, 0.15) is 5.78 Å². The van der Waals surface area contributed by atoms with E-state index in [2.05, 4.69) is 34.6 Å². The van der Waals surface area contributed by atoms with Crippen LogP contribution in [0.4, 0.5) is 0 Å². The Bertz CT molecular complexity index is 222. The van der Waals surface area contributed by atoms with E-state index in [1.54, 1.807) is 0 Å². The van der Waals surface area contributed by atoms with Crippen molar-refractivity contribution in [3.8, 4) is 0 Å². The first-order chi connectivity index (χ1) is 6.76. The first-order valence-corrected chi connectivity index (χ1v) is 6.28. The molecule has 0 bridgehead atoms. The molecule has 88 valence electrons. The molecule has 0 unspecified atom stereocenters. The summed E-state index contributed by atoms with van der Waals surface area (Å²) < 4.78 is 0. The fourth-order valence-electron chi connectivity index (χ4n) is 3.52. The van der Waals surface area contributed by atoms with Gasteiger partial charge in [0.25, 0.3) is 0 Å². The number of hydrogen-bond donors (Lipinski definition) is 0. The van der Waals surface area contributed by atoms with Crippen LogP contribution in [0.25, 0.3) is 0 Å². The molecule has 0 aromatic heterocycles. The van der Waals surface area contributed by atoms with Crippen LogP contribution in [0.5, 0.6) is 0 Å². The number of ketones is 1. The summed E-state index contributed by atoms with van der Waals surface area (Å²) in [5.41, 5.74) is 0.686. The fourth-order valence-corrected chi connectivity index (χ4v) is 3.52. The van der Waals surface area contributed by atoms with E-state index >= 15 is 0 Å². The number of rotatable bonds is 3. The Kier molecular flexibility index (Phi) is 3.63. The van der Waals surface area contributed by atoms with Crippen molar-refractivity contribution in [2.24, 2.45) is 16.7 Å². The second-order valence-electron chi connectivity index (χ2n) is 6.83. The smallest absolute Gasteiger partial charge is 0.136 e. The van der Waals surface area contributed by atoms with Gasteiger partial charge in [-0.25, -0.2) is 0 Å². The first kappa shape index (κ1) is 12.7. The highest BCUT2D eigenvalue weighted by Crippen LogP contribution is 2.48. The highest BCUT2D eigenvalue weighted by molar-refractivity contribution is 5.81. The number of carbonyl (C=O) groups is 1. The second-order valence-corrected chi connectivity index (χ2v) is 6.83. The topological polar surface area (TPSA) is 17.1 Å². The van der Waals surface area contributed by atoms with Crippen LogP contribution < -0.4 is 0 Å². The van der Waals surface area contributed by atoms with Crippen LogP contribution in [0.1, 0.15) is 66.7 Å². The van der Waals surface area contributed by atoms with Gasteiger partial charge in [0.05, 0.1) is 0 Å². The van der Waals surface area contributed by atoms with Crippen LogP contribution in [-0.2, 0) is 4.79 Å². The van der Waals surface area contributed by atoms with Gasteiger partial charge in [-0.05, 0) is 36.5 Å². The zero-order valence-electron chi connectivity index (χ0n) is 11.0. The van der Waals surface area contributed by atoms with Gasteiger partial charge in [0.2, 0.25) is 0 Å². The molecular formula is C14H26O. The van der Waals surface area contributed by atoms with E-state index in [1.807, 2.05) is 0 Å². The van der Waals surface area contributed by atoms with Crippen LogP contribution in [0.3, 0.4) is 0 Å². The third-order valence-corrected chi connectivity index (χ3v) is 3.51. The van der Waals surface area contributed by atoms with Crippen molar-refractivity contribution in [2.75, 3.05) is 0 Å². The minimum absolute atomic E-state index is 0.323. The molecule has 0 spiro atoms. The number of Topliss-reactive ketones (excluding diaryl/α,β-unsaturated/α-hetero) is 1. The lowest BCUT2D eigenvalue weighted by Gasteiger charge is -2.44. The maximum atomic E-state index is 12.0. The summed E-state index contributed by atoms with van der Waals surface area (Å²) in [5, 5.41) is 0. The van der Waals surface area contributed by atoms with Gasteiger partial charge in [0, 0.05) is 12.3 Å². The van der Waals surface area contributed by atoms with Crippen LogP contribution >= 0.6 is 0 Å². The molecule has 0 aromatic rings. The molecule has 1 fully saturated rings. The second kappa shape index (κ2) is 4.27. The van der Waals surface area contributed by atoms with E-state index in [0.717, 1.165) is 25.7 Å². The Labute approximate surface area is 94.6 Å². The molecule has 1 heteroatoms. The van der Waals surface area contributed by atoms with Gasteiger partial charge in [-0.1, -0.05) is 34.6 Å². The molecule has 1 aliphatic carbocycles. The summed E-state index contributed by atoms with van der Waals surface area (Å²) in [4.78, 5) is 12.0. The van der Waals surface area contributed by atoms with Crippen molar-refractivity contribution in [1.29, 1.82) is 0 Å². The highest BCUT2D eigenvalue weighted by Gasteiger charge is 2.40. The third-order valence-electron chi connectivity index (χ3n) is 3.51. The summed E-state index contributed by atoms with van der Waals surface area (Å²) in [5.74, 6) is 0.821. The van der Waals surface area contributed by atoms with Gasteiger partial charge in [-0.15, -0.1) is 0 Å². The van der Waals surface area contributed by atoms with Crippen LogP contribution in [-0.4, -0.2) is 5.78 Å². The molecule has 0 amide bonds. The molecule has 1 nitrogen and oxygen atoms in total. The van der Waals surface area contributed by atoms with Crippen molar-refractivity contribution in [3.05, 3.63) is 0 Å². The van der Waals surface area contributed by atoms with E-state index in [0.29, 0.717) is 22.5 Å². The summed E-state index contributed by atoms with van der Waals surface area (Å²) in [6.45, 7) is 11.3. The Hall–Kier alpha value is -0.330. The normalized spacial score (nSPS) is 25.1. The monoisotopic (exact) mass is 210 g/mol. The minimum Gasteiger partial charge on any atom is -0.299 e. The Morgan fingerprint density at radius 1 is 1.13 bits per heavy atom. The molecule has 1 aliphatic rings. The lowest BCUT2D eigenvalue weighted by Crippen LogP contribution is -2.37. The van der Waals surface area contributed by atoms with Gasteiger partial charge in [-0.3, -0.25) is 4.79 Å². The predicted molar refractivity (Wildman–Crippen MR) is 64.8 cm³/mol. The summed E-state index contributed by atoms with van der Waals surface area (Å²) in [7, 11) is 0. The highest BCUT2D eigenvalue weighted by atomic mass is 16.1. The lowest BCUT2D eigenvalue weighted by atomic mass is 9.60. The Balaban J connectivity index is 2.71. The van der Waals surface area contributed by atoms with E-state index in [-0.39, 0.29) is 0 Å². The van der Waals surface area contributed by atoms with Crippen molar-refractivity contribution < 1.29 is 4.79 Å². The van der Waals surface area contributed by atoms with Crippen LogP contribution in [0.2, 0.25) is 0 Å². The summed E-state index contributed by atoms with van der Waals surface area (Å²) in [6, 6.07) is 0. The summed E-state index contributed by atoms with van der Waals surface area (Å²) in [6.07, 6.45) is 5.20. The lowest BCUT2D eigenvalue weighted by molar-refractivity contribution is -0.127. The quantitative estimate of drug-likeness (QED) is 0.682. The number of hydrogen-bond acceptors (Lipinski definition) is 1. The predicted octanol–water partition coefficient (Wildman–Crippen LogP) is 4.21. The largest absolute Gasteiger partial charge is 0.299 e. The Morgan fingerprint density at radius 3 is 2.00 bits per heavy atom. The standard InChI is InChI=1S/C14H26O/c1-6-7-12(15)11-8-13(2,3)10-14(4,5)9-11/h11H,6-10H2,1-5H3. The molecule has 1 rings (SSSR count). The van der Waals surface area contributed by atoms with Crippen molar-refractivity contribution >= 4 is 5.78 Å². The van der Waals surface area contributed by atoms with Gasteiger partial charge >= 0.3 is 0 Å². The maximum absolute atomic E-state index is 12.0. The molecule has 0 aromatic carbocycles.